The molecule has 0 aromatic carbocycles. The van der Waals surface area contributed by atoms with Crippen LogP contribution in [0.15, 0.2) is 16.9 Å². The summed E-state index contributed by atoms with van der Waals surface area (Å²) < 4.78 is 5.95. The van der Waals surface area contributed by atoms with Crippen LogP contribution in [0.3, 0.4) is 0 Å². The Balaban J connectivity index is 1.72. The third kappa shape index (κ3) is 4.30. The fourth-order valence-electron chi connectivity index (χ4n) is 3.07. The number of halogens is 1. The van der Waals surface area contributed by atoms with E-state index < -0.39 is 0 Å². The highest BCUT2D eigenvalue weighted by atomic mass is 79.9. The van der Waals surface area contributed by atoms with Crippen LogP contribution in [0.1, 0.15) is 40.9 Å². The average Bonchev–Trinajstić information content (AvgIpc) is 3.34. The fraction of sp³-hybridized carbons (Fsp3) is 0.421. The number of rotatable bonds is 7. The summed E-state index contributed by atoms with van der Waals surface area (Å²) in [7, 11) is 1.80. The number of nitrogens with one attached hydrogen (secondary N) is 2. The number of carbonyl (C=O) groups is 2. The molecule has 2 amide bonds. The SMILES string of the molecule is CCn1ncc(NC(=O)CCn2nc(C)c(Br)c2C)c1C(=O)Nc1cnn(C)c1C. The Labute approximate surface area is 182 Å². The zero-order valence-electron chi connectivity index (χ0n) is 17.7. The normalized spacial score (nSPS) is 11.0. The number of hydrogen-bond donors (Lipinski definition) is 2. The molecule has 10 nitrogen and oxygen atoms in total. The molecule has 0 aliphatic heterocycles. The van der Waals surface area contributed by atoms with Gasteiger partial charge in [0.05, 0.1) is 46.2 Å². The molecule has 0 aliphatic carbocycles. The summed E-state index contributed by atoms with van der Waals surface area (Å²) in [6.45, 7) is 8.51. The topological polar surface area (TPSA) is 112 Å². The standard InChI is InChI=1S/C19H25BrN8O2/c1-6-27-18(19(30)24-14-9-21-26(5)12(14)3)15(10-22-27)23-16(29)7-8-28-13(4)17(20)11(2)25-28/h9-10H,6-8H2,1-5H3,(H,23,29)(H,24,30). The van der Waals surface area contributed by atoms with Gasteiger partial charge in [0, 0.05) is 25.7 Å². The second kappa shape index (κ2) is 8.82. The highest BCUT2D eigenvalue weighted by Gasteiger charge is 2.21. The molecule has 0 saturated heterocycles. The maximum absolute atomic E-state index is 12.9. The average molecular weight is 477 g/mol. The molecule has 0 radical (unpaired) electrons. The second-order valence-electron chi connectivity index (χ2n) is 6.95. The van der Waals surface area contributed by atoms with Gasteiger partial charge in [-0.3, -0.25) is 23.6 Å². The molecule has 2 N–H and O–H groups in total. The molecule has 0 saturated carbocycles. The van der Waals surface area contributed by atoms with Gasteiger partial charge in [-0.2, -0.15) is 15.3 Å². The molecular weight excluding hydrogens is 452 g/mol. The summed E-state index contributed by atoms with van der Waals surface area (Å²) in [5, 5.41) is 18.4. The van der Waals surface area contributed by atoms with Crippen molar-refractivity contribution in [2.45, 2.75) is 47.2 Å². The van der Waals surface area contributed by atoms with Crippen LogP contribution in [0.4, 0.5) is 11.4 Å². The zero-order valence-corrected chi connectivity index (χ0v) is 19.2. The molecule has 3 aromatic rings. The molecule has 0 bridgehead atoms. The van der Waals surface area contributed by atoms with Crippen molar-refractivity contribution in [2.24, 2.45) is 7.05 Å². The minimum atomic E-state index is -0.358. The second-order valence-corrected chi connectivity index (χ2v) is 7.74. The summed E-state index contributed by atoms with van der Waals surface area (Å²) in [4.78, 5) is 25.4. The van der Waals surface area contributed by atoms with Crippen molar-refractivity contribution >= 4 is 39.1 Å². The smallest absolute Gasteiger partial charge is 0.276 e. The monoisotopic (exact) mass is 476 g/mol. The van der Waals surface area contributed by atoms with Crippen molar-refractivity contribution in [3.63, 3.8) is 0 Å². The third-order valence-electron chi connectivity index (χ3n) is 4.96. The van der Waals surface area contributed by atoms with E-state index in [1.165, 1.54) is 6.20 Å². The lowest BCUT2D eigenvalue weighted by molar-refractivity contribution is -0.116. The molecule has 11 heteroatoms. The highest BCUT2D eigenvalue weighted by Crippen LogP contribution is 2.21. The molecule has 30 heavy (non-hydrogen) atoms. The summed E-state index contributed by atoms with van der Waals surface area (Å²) >= 11 is 3.49. The summed E-state index contributed by atoms with van der Waals surface area (Å²) in [5.41, 5.74) is 3.94. The predicted octanol–water partition coefficient (Wildman–Crippen LogP) is 2.80. The van der Waals surface area contributed by atoms with Crippen LogP contribution in [0, 0.1) is 20.8 Å². The Bertz CT molecular complexity index is 1090. The summed E-state index contributed by atoms with van der Waals surface area (Å²) in [6.07, 6.45) is 3.30. The fourth-order valence-corrected chi connectivity index (χ4v) is 3.36. The number of hydrogen-bond acceptors (Lipinski definition) is 5. The number of aryl methyl sites for hydroxylation is 4. The molecule has 0 fully saturated rings. The first-order valence-corrected chi connectivity index (χ1v) is 10.4. The molecule has 0 spiro atoms. The van der Waals surface area contributed by atoms with Gasteiger partial charge in [0.2, 0.25) is 5.91 Å². The van der Waals surface area contributed by atoms with E-state index >= 15 is 0 Å². The molecule has 3 rings (SSSR count). The number of anilines is 2. The van der Waals surface area contributed by atoms with Crippen molar-refractivity contribution in [1.82, 2.24) is 29.3 Å². The Morgan fingerprint density at radius 1 is 1.03 bits per heavy atom. The van der Waals surface area contributed by atoms with Crippen molar-refractivity contribution in [3.05, 3.63) is 39.6 Å². The van der Waals surface area contributed by atoms with E-state index in [-0.39, 0.29) is 18.2 Å². The summed E-state index contributed by atoms with van der Waals surface area (Å²) in [6, 6.07) is 0. The molecule has 0 atom stereocenters. The first-order valence-electron chi connectivity index (χ1n) is 9.58. The van der Waals surface area contributed by atoms with E-state index in [0.717, 1.165) is 21.6 Å². The van der Waals surface area contributed by atoms with E-state index in [1.807, 2.05) is 27.7 Å². The van der Waals surface area contributed by atoms with E-state index in [9.17, 15) is 9.59 Å². The zero-order chi connectivity index (χ0) is 22.0. The lowest BCUT2D eigenvalue weighted by atomic mass is 10.3. The van der Waals surface area contributed by atoms with Gasteiger partial charge in [-0.25, -0.2) is 0 Å². The predicted molar refractivity (Wildman–Crippen MR) is 116 cm³/mol. The molecule has 0 aliphatic rings. The van der Waals surface area contributed by atoms with Crippen molar-refractivity contribution in [2.75, 3.05) is 10.6 Å². The summed E-state index contributed by atoms with van der Waals surface area (Å²) in [5.74, 6) is -0.579. The molecular formula is C19H25BrN8O2. The van der Waals surface area contributed by atoms with Crippen LogP contribution in [-0.2, 0) is 24.9 Å². The van der Waals surface area contributed by atoms with E-state index in [0.29, 0.717) is 30.2 Å². The number of carbonyl (C=O) groups excluding carboxylic acids is 2. The maximum atomic E-state index is 12.9. The van der Waals surface area contributed by atoms with Crippen LogP contribution in [0.25, 0.3) is 0 Å². The minimum Gasteiger partial charge on any atom is -0.323 e. The van der Waals surface area contributed by atoms with E-state index in [4.69, 9.17) is 0 Å². The van der Waals surface area contributed by atoms with Crippen molar-refractivity contribution in [1.29, 1.82) is 0 Å². The van der Waals surface area contributed by atoms with Crippen LogP contribution < -0.4 is 10.6 Å². The van der Waals surface area contributed by atoms with Gasteiger partial charge >= 0.3 is 0 Å². The molecule has 3 heterocycles. The van der Waals surface area contributed by atoms with Gasteiger partial charge in [-0.1, -0.05) is 0 Å². The Morgan fingerprint density at radius 2 is 1.73 bits per heavy atom. The quantitative estimate of drug-likeness (QED) is 0.544. The third-order valence-corrected chi connectivity index (χ3v) is 6.10. The Hall–Kier alpha value is -2.95. The minimum absolute atomic E-state index is 0.217. The van der Waals surface area contributed by atoms with Crippen LogP contribution >= 0.6 is 15.9 Å². The van der Waals surface area contributed by atoms with E-state index in [1.54, 1.807) is 27.3 Å². The van der Waals surface area contributed by atoms with Gasteiger partial charge < -0.3 is 10.6 Å². The van der Waals surface area contributed by atoms with Gasteiger partial charge in [0.25, 0.3) is 5.91 Å². The lowest BCUT2D eigenvalue weighted by Crippen LogP contribution is -2.22. The van der Waals surface area contributed by atoms with Crippen molar-refractivity contribution in [3.8, 4) is 0 Å². The van der Waals surface area contributed by atoms with Crippen LogP contribution in [0.5, 0.6) is 0 Å². The molecule has 3 aromatic heterocycles. The van der Waals surface area contributed by atoms with Crippen molar-refractivity contribution < 1.29 is 9.59 Å². The molecule has 0 unspecified atom stereocenters. The Morgan fingerprint density at radius 3 is 2.30 bits per heavy atom. The number of amides is 2. The van der Waals surface area contributed by atoms with Gasteiger partial charge in [0.15, 0.2) is 0 Å². The van der Waals surface area contributed by atoms with Gasteiger partial charge in [-0.05, 0) is 43.6 Å². The molecule has 160 valence electrons. The largest absolute Gasteiger partial charge is 0.323 e. The highest BCUT2D eigenvalue weighted by molar-refractivity contribution is 9.10. The number of nitrogens with zero attached hydrogens (tertiary/aromatic N) is 6. The van der Waals surface area contributed by atoms with Gasteiger partial charge in [-0.15, -0.1) is 0 Å². The first kappa shape index (κ1) is 21.8. The van der Waals surface area contributed by atoms with Crippen LogP contribution in [0.2, 0.25) is 0 Å². The lowest BCUT2D eigenvalue weighted by Gasteiger charge is -2.10. The maximum Gasteiger partial charge on any atom is 0.276 e. The van der Waals surface area contributed by atoms with Crippen LogP contribution in [-0.4, -0.2) is 41.2 Å². The first-order chi connectivity index (χ1) is 14.2. The number of aromatic nitrogens is 6. The van der Waals surface area contributed by atoms with Gasteiger partial charge in [0.1, 0.15) is 5.69 Å². The Kier molecular flexibility index (Phi) is 6.40. The van der Waals surface area contributed by atoms with E-state index in [2.05, 4.69) is 41.9 Å².